The average Bonchev–Trinajstić information content (AvgIpc) is 0. The Hall–Kier alpha value is 4.08. The normalized spacial score (nSPS) is 0. The molecule has 0 heterocycles. The molecule has 0 saturated heterocycles. The smallest absolute Gasteiger partial charge is 1.00 e. The molecule has 0 N–H and O–H groups in total. The van der Waals surface area contributed by atoms with Crippen LogP contribution < -0.4 is 0 Å². The van der Waals surface area contributed by atoms with Crippen LogP contribution >= 0.6 is 0 Å². The van der Waals surface area contributed by atoms with Gasteiger partial charge in [-0.15, -0.1) is 0 Å². The van der Waals surface area contributed by atoms with E-state index in [0.29, 0.717) is 0 Å². The van der Waals surface area contributed by atoms with Crippen LogP contribution in [0.25, 0.3) is 0 Å². The zero-order valence-corrected chi connectivity index (χ0v) is 12.8. The molecule has 0 aliphatic rings. The van der Waals surface area contributed by atoms with Gasteiger partial charge in [-0.25, -0.2) is 0 Å². The van der Waals surface area contributed by atoms with Crippen LogP contribution in [0.15, 0.2) is 0 Å². The van der Waals surface area contributed by atoms with Gasteiger partial charge in [-0.3, -0.25) is 0 Å². The van der Waals surface area contributed by atoms with E-state index in [1.807, 2.05) is 0 Å². The number of hydrogen-bond donors (Lipinski definition) is 0. The van der Waals surface area contributed by atoms with Gasteiger partial charge >= 0.3 is 83.2 Å². The van der Waals surface area contributed by atoms with Gasteiger partial charge in [0.05, 0.1) is 0 Å². The third-order valence-corrected chi connectivity index (χ3v) is 0. The Bertz CT molecular complexity index is 16.0. The van der Waals surface area contributed by atoms with Crippen molar-refractivity contribution in [1.82, 2.24) is 0 Å². The van der Waals surface area contributed by atoms with Crippen molar-refractivity contribution in [3.8, 4) is 0 Å². The zero-order chi connectivity index (χ0) is 0. The van der Waals surface area contributed by atoms with E-state index in [0.717, 1.165) is 0 Å². The largest absolute Gasteiger partial charge is 2.00 e. The second kappa shape index (κ2) is 15.7. The Morgan fingerprint density at radius 3 is 1.25 bits per heavy atom. The van der Waals surface area contributed by atoms with E-state index in [1.54, 1.807) is 0 Å². The quantitative estimate of drug-likeness (QED) is 0.513. The maximum atomic E-state index is 0. The van der Waals surface area contributed by atoms with Crippen LogP contribution in [0, 0.1) is 0 Å². The molecule has 0 aliphatic carbocycles. The van der Waals surface area contributed by atoms with Gasteiger partial charge in [-0.05, 0) is 0 Å². The molecule has 0 aromatic rings. The van der Waals surface area contributed by atoms with Gasteiger partial charge in [0.25, 0.3) is 0 Å². The minimum Gasteiger partial charge on any atom is -1.00 e. The van der Waals surface area contributed by atoms with E-state index in [-0.39, 0.29) is 130 Å². The second-order valence-corrected chi connectivity index (χ2v) is 0. The monoisotopic (exact) mass is 244 g/mol. The second-order valence-electron chi connectivity index (χ2n) is 0. The molecule has 0 amide bonds. The molecular weight excluding hydrogens is 241 g/mol. The first kappa shape index (κ1) is 24.3. The summed E-state index contributed by atoms with van der Waals surface area (Å²) < 4.78 is 0. The summed E-state index contributed by atoms with van der Waals surface area (Å²) in [5.74, 6) is 0. The first-order valence-electron chi connectivity index (χ1n) is 0. The fourth-order valence-corrected chi connectivity index (χ4v) is 0. The Morgan fingerprint density at radius 2 is 1.25 bits per heavy atom. The summed E-state index contributed by atoms with van der Waals surface area (Å²) in [6.45, 7) is 0. The van der Waals surface area contributed by atoms with Crippen LogP contribution in [-0.4, -0.2) is 83.2 Å². The van der Waals surface area contributed by atoms with Crippen molar-refractivity contribution < 1.29 is 46.9 Å². The Balaban J connectivity index is 0. The third-order valence-electron chi connectivity index (χ3n) is 0. The average molecular weight is 245 g/mol. The van der Waals surface area contributed by atoms with Gasteiger partial charge < -0.3 is 5.71 Å². The summed E-state index contributed by atoms with van der Waals surface area (Å²) >= 11 is 0. The van der Waals surface area contributed by atoms with Crippen LogP contribution in [0.5, 0.6) is 0 Å². The molecule has 14 valence electrons. The van der Waals surface area contributed by atoms with Crippen LogP contribution in [0.4, 0.5) is 0 Å². The molecule has 0 bridgehead atoms. The molecule has 0 aromatic heterocycles. The van der Waals surface area contributed by atoms with Gasteiger partial charge in [0.2, 0.25) is 0 Å². The van der Waals surface area contributed by atoms with Crippen molar-refractivity contribution >= 4 is 83.2 Å². The van der Waals surface area contributed by atoms with Crippen LogP contribution in [0.1, 0.15) is 5.71 Å². The SMILES string of the molecule is [Ca+2].[H-].[H-].[H-].[H-].[Sr+2].[Ti].[Zn]. The van der Waals surface area contributed by atoms with Gasteiger partial charge in [0.1, 0.15) is 0 Å². The topological polar surface area (TPSA) is 0 Å². The predicted molar refractivity (Wildman–Crippen MR) is 16.0 cm³/mol. The van der Waals surface area contributed by atoms with Gasteiger partial charge in [-0.2, -0.15) is 0 Å². The van der Waals surface area contributed by atoms with Crippen molar-refractivity contribution in [3.63, 3.8) is 0 Å². The van der Waals surface area contributed by atoms with Crippen LogP contribution in [0.3, 0.4) is 0 Å². The first-order valence-corrected chi connectivity index (χ1v) is 0. The maximum absolute atomic E-state index is 0. The molecule has 0 radical (unpaired) electrons. The first-order chi connectivity index (χ1) is 0. The molecule has 0 spiro atoms. The molecule has 0 rings (SSSR count). The third kappa shape index (κ3) is 9.42. The maximum Gasteiger partial charge on any atom is 2.00 e. The van der Waals surface area contributed by atoms with Crippen LogP contribution in [0.2, 0.25) is 0 Å². The summed E-state index contributed by atoms with van der Waals surface area (Å²) in [4.78, 5) is 0. The Kier molecular flexibility index (Phi) is 95.7. The van der Waals surface area contributed by atoms with Gasteiger partial charge in [0.15, 0.2) is 0 Å². The molecule has 4 heavy (non-hydrogen) atoms. The van der Waals surface area contributed by atoms with Crippen molar-refractivity contribution in [3.05, 3.63) is 0 Å². The summed E-state index contributed by atoms with van der Waals surface area (Å²) in [7, 11) is 0. The van der Waals surface area contributed by atoms with E-state index in [2.05, 4.69) is 0 Å². The van der Waals surface area contributed by atoms with E-state index in [1.165, 1.54) is 0 Å². The van der Waals surface area contributed by atoms with Crippen LogP contribution in [-0.2, 0) is 41.2 Å². The molecular formula is H4CaSrTiZn. The molecule has 0 nitrogen and oxygen atoms in total. The molecule has 0 unspecified atom stereocenters. The molecule has 0 atom stereocenters. The summed E-state index contributed by atoms with van der Waals surface area (Å²) in [5.41, 5.74) is 0. The van der Waals surface area contributed by atoms with Crippen molar-refractivity contribution in [2.45, 2.75) is 0 Å². The van der Waals surface area contributed by atoms with Gasteiger partial charge in [0, 0.05) is 41.2 Å². The molecule has 0 aromatic carbocycles. The van der Waals surface area contributed by atoms with E-state index < -0.39 is 0 Å². The van der Waals surface area contributed by atoms with Crippen molar-refractivity contribution in [1.29, 1.82) is 0 Å². The number of hydrogen-bond acceptors (Lipinski definition) is 0. The van der Waals surface area contributed by atoms with E-state index in [9.17, 15) is 0 Å². The Morgan fingerprint density at radius 1 is 1.25 bits per heavy atom. The predicted octanol–water partition coefficient (Wildman–Crippen LogP) is -0.317. The van der Waals surface area contributed by atoms with E-state index >= 15 is 0 Å². The minimum absolute atomic E-state index is 0. The Labute approximate surface area is 127 Å². The minimum atomic E-state index is 0. The molecule has 4 heteroatoms. The molecule has 0 aliphatic heterocycles. The standard InChI is InChI=1S/Ca.Sr.Ti.Zn.4H/q2*+2;;;4*-1. The fourth-order valence-electron chi connectivity index (χ4n) is 0. The summed E-state index contributed by atoms with van der Waals surface area (Å²) in [5, 5.41) is 0. The summed E-state index contributed by atoms with van der Waals surface area (Å²) in [6.07, 6.45) is 0. The molecule has 0 saturated carbocycles. The van der Waals surface area contributed by atoms with Gasteiger partial charge in [-0.1, -0.05) is 0 Å². The number of rotatable bonds is 0. The summed E-state index contributed by atoms with van der Waals surface area (Å²) in [6, 6.07) is 0. The van der Waals surface area contributed by atoms with E-state index in [4.69, 9.17) is 0 Å². The van der Waals surface area contributed by atoms with Crippen molar-refractivity contribution in [2.24, 2.45) is 0 Å². The fraction of sp³-hybridized carbons (Fsp3) is 0. The zero-order valence-electron chi connectivity index (χ0n) is 6.62. The molecule has 0 fully saturated rings. The van der Waals surface area contributed by atoms with Crippen molar-refractivity contribution in [2.75, 3.05) is 0 Å².